The van der Waals surface area contributed by atoms with Crippen molar-refractivity contribution in [2.45, 2.75) is 19.9 Å². The van der Waals surface area contributed by atoms with Gasteiger partial charge in [-0.25, -0.2) is 0 Å². The van der Waals surface area contributed by atoms with E-state index in [9.17, 15) is 9.59 Å². The molecule has 0 unspecified atom stereocenters. The van der Waals surface area contributed by atoms with Crippen molar-refractivity contribution in [3.63, 3.8) is 0 Å². The average Bonchev–Trinajstić information content (AvgIpc) is 2.67. The molecule has 0 radical (unpaired) electrons. The number of hydrogen-bond donors (Lipinski definition) is 2. The SMILES string of the molecule is CC(=O)c1cccc(NC(=O)[C@H](C)[NH+]2CCN(c3cccc(Cl)c3)CC2)c1. The summed E-state index contributed by atoms with van der Waals surface area (Å²) in [5.41, 5.74) is 2.39. The second-order valence-electron chi connectivity index (χ2n) is 6.97. The van der Waals surface area contributed by atoms with Gasteiger partial charge in [0.05, 0.1) is 26.2 Å². The van der Waals surface area contributed by atoms with E-state index < -0.39 is 0 Å². The molecule has 1 heterocycles. The lowest BCUT2D eigenvalue weighted by Crippen LogP contribution is -3.19. The van der Waals surface area contributed by atoms with Gasteiger partial charge in [0, 0.05) is 22.0 Å². The molecule has 0 aliphatic carbocycles. The Bertz CT molecular complexity index is 832. The molecule has 3 rings (SSSR count). The molecule has 1 fully saturated rings. The Kier molecular flexibility index (Phi) is 6.14. The number of piperazine rings is 1. The van der Waals surface area contributed by atoms with Crippen LogP contribution in [0.5, 0.6) is 0 Å². The highest BCUT2D eigenvalue weighted by Crippen LogP contribution is 2.19. The van der Waals surface area contributed by atoms with Gasteiger partial charge in [-0.1, -0.05) is 29.8 Å². The first-order chi connectivity index (χ1) is 12.9. The Morgan fingerprint density at radius 1 is 1.11 bits per heavy atom. The van der Waals surface area contributed by atoms with Crippen molar-refractivity contribution in [2.24, 2.45) is 0 Å². The number of nitrogens with zero attached hydrogens (tertiary/aromatic N) is 1. The fourth-order valence-electron chi connectivity index (χ4n) is 3.41. The van der Waals surface area contributed by atoms with Gasteiger partial charge in [0.1, 0.15) is 0 Å². The maximum Gasteiger partial charge on any atom is 0.282 e. The number of anilines is 2. The molecule has 0 saturated carbocycles. The van der Waals surface area contributed by atoms with Crippen LogP contribution in [0, 0.1) is 0 Å². The van der Waals surface area contributed by atoms with Gasteiger partial charge in [-0.15, -0.1) is 0 Å². The predicted molar refractivity (Wildman–Crippen MR) is 109 cm³/mol. The summed E-state index contributed by atoms with van der Waals surface area (Å²) < 4.78 is 0. The van der Waals surface area contributed by atoms with Gasteiger partial charge in [0.15, 0.2) is 11.8 Å². The van der Waals surface area contributed by atoms with Crippen molar-refractivity contribution in [3.05, 3.63) is 59.1 Å². The van der Waals surface area contributed by atoms with Crippen molar-refractivity contribution in [2.75, 3.05) is 36.4 Å². The van der Waals surface area contributed by atoms with Crippen LogP contribution in [0.15, 0.2) is 48.5 Å². The van der Waals surface area contributed by atoms with Crippen molar-refractivity contribution in [3.8, 4) is 0 Å². The van der Waals surface area contributed by atoms with Gasteiger partial charge in [-0.3, -0.25) is 9.59 Å². The Hall–Kier alpha value is -2.37. The van der Waals surface area contributed by atoms with Gasteiger partial charge in [-0.05, 0) is 44.2 Å². The molecule has 1 saturated heterocycles. The third kappa shape index (κ3) is 4.87. The smallest absolute Gasteiger partial charge is 0.282 e. The Balaban J connectivity index is 1.57. The minimum Gasteiger partial charge on any atom is -0.360 e. The highest BCUT2D eigenvalue weighted by atomic mass is 35.5. The average molecular weight is 387 g/mol. The molecule has 0 bridgehead atoms. The molecular weight excluding hydrogens is 362 g/mol. The first-order valence-corrected chi connectivity index (χ1v) is 9.59. The fraction of sp³-hybridized carbons (Fsp3) is 0.333. The third-order valence-electron chi connectivity index (χ3n) is 5.12. The number of rotatable bonds is 5. The van der Waals surface area contributed by atoms with Crippen LogP contribution in [0.1, 0.15) is 24.2 Å². The molecule has 5 nitrogen and oxygen atoms in total. The number of carbonyl (C=O) groups excluding carboxylic acids is 2. The third-order valence-corrected chi connectivity index (χ3v) is 5.36. The van der Waals surface area contributed by atoms with Crippen LogP contribution in [0.3, 0.4) is 0 Å². The monoisotopic (exact) mass is 386 g/mol. The number of carbonyl (C=O) groups is 2. The summed E-state index contributed by atoms with van der Waals surface area (Å²) in [4.78, 5) is 27.7. The van der Waals surface area contributed by atoms with E-state index in [-0.39, 0.29) is 17.7 Å². The Morgan fingerprint density at radius 2 is 1.81 bits per heavy atom. The number of nitrogens with one attached hydrogen (secondary N) is 2. The Morgan fingerprint density at radius 3 is 2.48 bits per heavy atom. The lowest BCUT2D eigenvalue weighted by Gasteiger charge is -2.36. The first-order valence-electron chi connectivity index (χ1n) is 9.21. The number of hydrogen-bond acceptors (Lipinski definition) is 3. The van der Waals surface area contributed by atoms with Gasteiger partial charge in [0.25, 0.3) is 5.91 Å². The minimum absolute atomic E-state index is 0.0121. The normalized spacial score (nSPS) is 16.0. The molecule has 2 aromatic rings. The number of amides is 1. The van der Waals surface area contributed by atoms with Crippen LogP contribution < -0.4 is 15.1 Å². The van der Waals surface area contributed by atoms with E-state index >= 15 is 0 Å². The van der Waals surface area contributed by atoms with Crippen LogP contribution in [0.4, 0.5) is 11.4 Å². The minimum atomic E-state index is -0.160. The van der Waals surface area contributed by atoms with Gasteiger partial charge < -0.3 is 15.1 Å². The lowest BCUT2D eigenvalue weighted by molar-refractivity contribution is -0.914. The summed E-state index contributed by atoms with van der Waals surface area (Å²) in [6.07, 6.45) is 0. The molecule has 2 N–H and O–H groups in total. The molecular formula is C21H25ClN3O2+. The second-order valence-corrected chi connectivity index (χ2v) is 7.41. The maximum absolute atomic E-state index is 12.6. The van der Waals surface area contributed by atoms with E-state index in [1.165, 1.54) is 11.8 Å². The second kappa shape index (κ2) is 8.55. The fourth-order valence-corrected chi connectivity index (χ4v) is 3.59. The van der Waals surface area contributed by atoms with Crippen LogP contribution >= 0.6 is 11.6 Å². The quantitative estimate of drug-likeness (QED) is 0.775. The van der Waals surface area contributed by atoms with Crippen molar-refractivity contribution in [1.29, 1.82) is 0 Å². The lowest BCUT2D eigenvalue weighted by atomic mass is 10.1. The van der Waals surface area contributed by atoms with Crippen LogP contribution in [0.25, 0.3) is 0 Å². The zero-order chi connectivity index (χ0) is 19.4. The summed E-state index contributed by atoms with van der Waals surface area (Å²) >= 11 is 6.09. The molecule has 27 heavy (non-hydrogen) atoms. The van der Waals surface area contributed by atoms with E-state index in [2.05, 4.69) is 16.3 Å². The van der Waals surface area contributed by atoms with Gasteiger partial charge in [0.2, 0.25) is 0 Å². The van der Waals surface area contributed by atoms with E-state index in [1.54, 1.807) is 18.2 Å². The molecule has 6 heteroatoms. The molecule has 0 aromatic heterocycles. The molecule has 1 aliphatic heterocycles. The van der Waals surface area contributed by atoms with Crippen LogP contribution in [-0.4, -0.2) is 43.9 Å². The van der Waals surface area contributed by atoms with Crippen molar-refractivity contribution < 1.29 is 14.5 Å². The van der Waals surface area contributed by atoms with Crippen molar-refractivity contribution in [1.82, 2.24) is 0 Å². The summed E-state index contributed by atoms with van der Waals surface area (Å²) in [7, 11) is 0. The first kappa shape index (κ1) is 19.4. The van der Waals surface area contributed by atoms with Crippen LogP contribution in [-0.2, 0) is 4.79 Å². The highest BCUT2D eigenvalue weighted by molar-refractivity contribution is 6.30. The Labute approximate surface area is 164 Å². The maximum atomic E-state index is 12.6. The summed E-state index contributed by atoms with van der Waals surface area (Å²) in [5, 5.41) is 3.68. The van der Waals surface area contributed by atoms with E-state index in [0.29, 0.717) is 11.3 Å². The number of benzene rings is 2. The van der Waals surface area contributed by atoms with E-state index in [1.807, 2.05) is 31.2 Å². The van der Waals surface area contributed by atoms with Crippen LogP contribution in [0.2, 0.25) is 5.02 Å². The number of quaternary nitrogens is 1. The van der Waals surface area contributed by atoms with Crippen molar-refractivity contribution >= 4 is 34.7 Å². The molecule has 1 aliphatic rings. The zero-order valence-corrected chi connectivity index (χ0v) is 16.4. The number of halogens is 1. The predicted octanol–water partition coefficient (Wildman–Crippen LogP) is 2.27. The highest BCUT2D eigenvalue weighted by Gasteiger charge is 2.29. The molecule has 0 spiro atoms. The molecule has 1 amide bonds. The van der Waals surface area contributed by atoms with Gasteiger partial charge in [-0.2, -0.15) is 0 Å². The standard InChI is InChI=1S/C21H24ClN3O2/c1-15(21(27)23-19-7-3-5-17(13-19)16(2)26)24-9-11-25(12-10-24)20-8-4-6-18(22)14-20/h3-8,13-15H,9-12H2,1-2H3,(H,23,27)/p+1/t15-/m0/s1. The summed E-state index contributed by atoms with van der Waals surface area (Å²) in [5.74, 6) is -0.0381. The topological polar surface area (TPSA) is 53.9 Å². The largest absolute Gasteiger partial charge is 0.360 e. The summed E-state index contributed by atoms with van der Waals surface area (Å²) in [6, 6.07) is 14.8. The molecule has 2 aromatic carbocycles. The number of Topliss-reactive ketones (excluding diaryl/α,β-unsaturated/α-hetero) is 1. The van der Waals surface area contributed by atoms with E-state index in [4.69, 9.17) is 11.6 Å². The molecule has 142 valence electrons. The van der Waals surface area contributed by atoms with E-state index in [0.717, 1.165) is 36.9 Å². The zero-order valence-electron chi connectivity index (χ0n) is 15.7. The number of ketones is 1. The van der Waals surface area contributed by atoms with Gasteiger partial charge >= 0.3 is 0 Å². The summed E-state index contributed by atoms with van der Waals surface area (Å²) in [6.45, 7) is 7.01. The molecule has 1 atom stereocenters.